The molecule has 0 spiro atoms. The SMILES string of the molecule is C=CCOc1c(CCCCC)cc(CCCCC)cc1[Si](C)(C)C1C2=CC=CCC2CC1C. The van der Waals surface area contributed by atoms with Gasteiger partial charge in [-0.3, -0.25) is 0 Å². The third-order valence-corrected chi connectivity index (χ3v) is 12.3. The molecule has 33 heavy (non-hydrogen) atoms. The minimum Gasteiger partial charge on any atom is -0.489 e. The van der Waals surface area contributed by atoms with Crippen LogP contribution in [-0.4, -0.2) is 14.7 Å². The first kappa shape index (κ1) is 26.1. The largest absolute Gasteiger partial charge is 0.489 e. The Hall–Kier alpha value is -1.54. The summed E-state index contributed by atoms with van der Waals surface area (Å²) in [5, 5.41) is 1.57. The maximum absolute atomic E-state index is 6.53. The van der Waals surface area contributed by atoms with Crippen LogP contribution >= 0.6 is 0 Å². The minimum absolute atomic E-state index is 0.599. The van der Waals surface area contributed by atoms with E-state index >= 15 is 0 Å². The molecule has 0 radical (unpaired) electrons. The Morgan fingerprint density at radius 3 is 2.48 bits per heavy atom. The van der Waals surface area contributed by atoms with Crippen LogP contribution in [0.2, 0.25) is 18.6 Å². The first-order valence-electron chi connectivity index (χ1n) is 13.7. The van der Waals surface area contributed by atoms with Gasteiger partial charge in [-0.15, -0.1) is 0 Å². The van der Waals surface area contributed by atoms with Crippen molar-refractivity contribution in [3.05, 3.63) is 59.7 Å². The van der Waals surface area contributed by atoms with Gasteiger partial charge in [0.25, 0.3) is 0 Å². The van der Waals surface area contributed by atoms with Crippen LogP contribution in [-0.2, 0) is 12.8 Å². The first-order valence-corrected chi connectivity index (χ1v) is 16.8. The highest BCUT2D eigenvalue weighted by molar-refractivity contribution is 6.92. The molecule has 0 bridgehead atoms. The summed E-state index contributed by atoms with van der Waals surface area (Å²) in [6.07, 6.45) is 21.6. The highest BCUT2D eigenvalue weighted by Crippen LogP contribution is 2.53. The van der Waals surface area contributed by atoms with Crippen LogP contribution in [0, 0.1) is 11.8 Å². The molecule has 3 atom stereocenters. The number of unbranched alkanes of at least 4 members (excludes halogenated alkanes) is 4. The normalized spacial score (nSPS) is 22.2. The average molecular weight is 465 g/mol. The van der Waals surface area contributed by atoms with Gasteiger partial charge < -0.3 is 4.74 Å². The molecule has 3 unspecified atom stereocenters. The van der Waals surface area contributed by atoms with Crippen molar-refractivity contribution < 1.29 is 4.74 Å². The second kappa shape index (κ2) is 12.2. The van der Waals surface area contributed by atoms with E-state index in [1.807, 2.05) is 6.08 Å². The lowest BCUT2D eigenvalue weighted by Gasteiger charge is -2.37. The predicted molar refractivity (Wildman–Crippen MR) is 149 cm³/mol. The Bertz CT molecular complexity index is 847. The summed E-state index contributed by atoms with van der Waals surface area (Å²) in [4.78, 5) is 0. The van der Waals surface area contributed by atoms with Crippen molar-refractivity contribution in [2.75, 3.05) is 6.61 Å². The first-order chi connectivity index (χ1) is 15.9. The number of benzene rings is 1. The Kier molecular flexibility index (Phi) is 9.67. The molecule has 1 nitrogen and oxygen atoms in total. The fraction of sp³-hybridized carbons (Fsp3) is 0.613. The van der Waals surface area contributed by atoms with Crippen LogP contribution in [0.3, 0.4) is 0 Å². The molecule has 0 saturated heterocycles. The van der Waals surface area contributed by atoms with Gasteiger partial charge in [-0.25, -0.2) is 0 Å². The number of rotatable bonds is 13. The number of fused-ring (bicyclic) bond motifs is 1. The third-order valence-electron chi connectivity index (χ3n) is 8.06. The van der Waals surface area contributed by atoms with Gasteiger partial charge in [0.1, 0.15) is 12.4 Å². The Morgan fingerprint density at radius 2 is 1.79 bits per heavy atom. The number of hydrogen-bond donors (Lipinski definition) is 0. The summed E-state index contributed by atoms with van der Waals surface area (Å²) in [5.41, 5.74) is 5.43. The van der Waals surface area contributed by atoms with Crippen molar-refractivity contribution in [2.24, 2.45) is 11.8 Å². The Morgan fingerprint density at radius 1 is 1.06 bits per heavy atom. The van der Waals surface area contributed by atoms with Crippen molar-refractivity contribution in [3.8, 4) is 5.75 Å². The molecule has 1 saturated carbocycles. The van der Waals surface area contributed by atoms with Gasteiger partial charge >= 0.3 is 0 Å². The van der Waals surface area contributed by atoms with E-state index in [1.165, 1.54) is 74.7 Å². The summed E-state index contributed by atoms with van der Waals surface area (Å²) >= 11 is 0. The van der Waals surface area contributed by atoms with Gasteiger partial charge in [0.15, 0.2) is 0 Å². The number of allylic oxidation sites excluding steroid dienone is 4. The van der Waals surface area contributed by atoms with E-state index in [0.29, 0.717) is 12.1 Å². The van der Waals surface area contributed by atoms with E-state index in [-0.39, 0.29) is 0 Å². The van der Waals surface area contributed by atoms with Gasteiger partial charge in [-0.2, -0.15) is 0 Å². The molecule has 182 valence electrons. The van der Waals surface area contributed by atoms with E-state index in [9.17, 15) is 0 Å². The molecule has 2 aliphatic carbocycles. The lowest BCUT2D eigenvalue weighted by atomic mass is 9.94. The van der Waals surface area contributed by atoms with E-state index in [4.69, 9.17) is 4.74 Å². The Balaban J connectivity index is 2.07. The highest BCUT2D eigenvalue weighted by atomic mass is 28.3. The molecule has 1 aromatic carbocycles. The molecule has 2 aliphatic rings. The summed E-state index contributed by atoms with van der Waals surface area (Å²) in [7, 11) is -1.83. The summed E-state index contributed by atoms with van der Waals surface area (Å²) in [6.45, 7) is 16.9. The number of aryl methyl sites for hydroxylation is 2. The highest BCUT2D eigenvalue weighted by Gasteiger charge is 2.47. The van der Waals surface area contributed by atoms with Gasteiger partial charge in [-0.05, 0) is 72.2 Å². The molecule has 0 amide bonds. The standard InChI is InChI=1S/C31H48OSi/c1-7-10-12-16-25-22-27(18-13-11-8-2)30(32-20-9-3)29(23-25)33(5,6)31-24(4)21-26-17-14-15-19-28(26)31/h9,14-15,19,22-24,26,31H,3,7-8,10-13,16-18,20-21H2,1-2,4-6H3. The lowest BCUT2D eigenvalue weighted by molar-refractivity contribution is 0.361. The van der Waals surface area contributed by atoms with E-state index in [1.54, 1.807) is 10.8 Å². The molecule has 1 fully saturated rings. The molecule has 0 aliphatic heterocycles. The molecule has 1 aromatic rings. The predicted octanol–water partition coefficient (Wildman–Crippen LogP) is 8.54. The molecule has 0 heterocycles. The fourth-order valence-electron chi connectivity index (χ4n) is 6.51. The smallest absolute Gasteiger partial charge is 0.122 e. The monoisotopic (exact) mass is 464 g/mol. The molecular formula is C31H48OSi. The maximum atomic E-state index is 6.53. The molecule has 0 N–H and O–H groups in total. The average Bonchev–Trinajstić information content (AvgIpc) is 3.14. The van der Waals surface area contributed by atoms with Crippen molar-refractivity contribution in [1.82, 2.24) is 0 Å². The summed E-state index contributed by atoms with van der Waals surface area (Å²) in [6, 6.07) is 5.06. The molecule has 3 rings (SSSR count). The van der Waals surface area contributed by atoms with Gasteiger partial charge in [-0.1, -0.05) is 108 Å². The van der Waals surface area contributed by atoms with Gasteiger partial charge in [0.2, 0.25) is 0 Å². The summed E-state index contributed by atoms with van der Waals surface area (Å²) in [5.74, 6) is 2.72. The van der Waals surface area contributed by atoms with Crippen molar-refractivity contribution in [2.45, 2.75) is 104 Å². The van der Waals surface area contributed by atoms with Gasteiger partial charge in [0, 0.05) is 0 Å². The fourth-order valence-corrected chi connectivity index (χ4v) is 10.9. The second-order valence-corrected chi connectivity index (χ2v) is 15.7. The quantitative estimate of drug-likeness (QED) is 0.161. The van der Waals surface area contributed by atoms with Crippen molar-refractivity contribution in [3.63, 3.8) is 0 Å². The summed E-state index contributed by atoms with van der Waals surface area (Å²) < 4.78 is 6.53. The molecule has 2 heteroatoms. The van der Waals surface area contributed by atoms with Crippen LogP contribution in [0.4, 0.5) is 0 Å². The molecule has 0 aromatic heterocycles. The molecular weight excluding hydrogens is 416 g/mol. The van der Waals surface area contributed by atoms with Crippen LogP contribution in [0.1, 0.15) is 83.3 Å². The van der Waals surface area contributed by atoms with Crippen LogP contribution in [0.15, 0.2) is 48.6 Å². The van der Waals surface area contributed by atoms with E-state index in [2.05, 4.69) is 70.8 Å². The maximum Gasteiger partial charge on any atom is 0.122 e. The zero-order chi connectivity index (χ0) is 23.8. The van der Waals surface area contributed by atoms with Crippen LogP contribution in [0.25, 0.3) is 0 Å². The van der Waals surface area contributed by atoms with Gasteiger partial charge in [0.05, 0.1) is 8.07 Å². The number of hydrogen-bond acceptors (Lipinski definition) is 1. The van der Waals surface area contributed by atoms with Crippen molar-refractivity contribution in [1.29, 1.82) is 0 Å². The Labute approximate surface area is 205 Å². The minimum atomic E-state index is -1.83. The second-order valence-electron chi connectivity index (χ2n) is 11.1. The zero-order valence-corrected chi connectivity index (χ0v) is 23.1. The number of ether oxygens (including phenoxy) is 1. The van der Waals surface area contributed by atoms with E-state index < -0.39 is 8.07 Å². The lowest BCUT2D eigenvalue weighted by Crippen LogP contribution is -2.48. The third kappa shape index (κ3) is 6.12. The topological polar surface area (TPSA) is 9.23 Å². The van der Waals surface area contributed by atoms with E-state index in [0.717, 1.165) is 18.3 Å². The zero-order valence-electron chi connectivity index (χ0n) is 22.1. The van der Waals surface area contributed by atoms with Crippen molar-refractivity contribution >= 4 is 13.3 Å². The van der Waals surface area contributed by atoms with Crippen LogP contribution in [0.5, 0.6) is 5.75 Å². The van der Waals surface area contributed by atoms with Crippen LogP contribution < -0.4 is 9.92 Å².